The van der Waals surface area contributed by atoms with E-state index >= 15 is 0 Å². The zero-order chi connectivity index (χ0) is 27.6. The monoisotopic (exact) mass is 598 g/mol. The molecule has 1 aliphatic rings. The predicted molar refractivity (Wildman–Crippen MR) is 144 cm³/mol. The second kappa shape index (κ2) is 11.3. The van der Waals surface area contributed by atoms with Gasteiger partial charge in [0.2, 0.25) is 0 Å². The predicted octanol–water partition coefficient (Wildman–Crippen LogP) is 3.41. The van der Waals surface area contributed by atoms with Crippen LogP contribution in [0.15, 0.2) is 68.0 Å². The third-order valence-electron chi connectivity index (χ3n) is 5.49. The van der Waals surface area contributed by atoms with Gasteiger partial charge in [-0.25, -0.2) is 9.79 Å². The van der Waals surface area contributed by atoms with Gasteiger partial charge in [-0.1, -0.05) is 39.4 Å². The molecular weight excluding hydrogens is 576 g/mol. The summed E-state index contributed by atoms with van der Waals surface area (Å²) in [7, 11) is 0. The van der Waals surface area contributed by atoms with Crippen LogP contribution >= 0.6 is 27.3 Å². The Morgan fingerprint density at radius 2 is 1.76 bits per heavy atom. The first-order valence-corrected chi connectivity index (χ1v) is 13.2. The molecule has 0 bridgehead atoms. The SMILES string of the molecule is CCOC(=O)C1=C(C)N=c2sc(=Cc3cc(Br)ccc3OC(C)=O)c(=O)n2C1c1ccc(OC(C)=O)cc1. The van der Waals surface area contributed by atoms with Gasteiger partial charge in [0.15, 0.2) is 4.80 Å². The van der Waals surface area contributed by atoms with Gasteiger partial charge in [0.05, 0.1) is 28.5 Å². The molecule has 0 saturated carbocycles. The van der Waals surface area contributed by atoms with E-state index in [9.17, 15) is 19.2 Å². The zero-order valence-corrected chi connectivity index (χ0v) is 23.3. The molecule has 1 aliphatic heterocycles. The maximum atomic E-state index is 13.8. The van der Waals surface area contributed by atoms with E-state index in [2.05, 4.69) is 20.9 Å². The lowest BCUT2D eigenvalue weighted by molar-refractivity contribution is -0.139. The number of carbonyl (C=O) groups excluding carboxylic acids is 3. The van der Waals surface area contributed by atoms with E-state index < -0.39 is 23.9 Å². The Hall–Kier alpha value is -3.83. The highest BCUT2D eigenvalue weighted by Crippen LogP contribution is 2.32. The second-order valence-corrected chi connectivity index (χ2v) is 10.2. The average molecular weight is 599 g/mol. The molecule has 3 aromatic rings. The average Bonchev–Trinajstić information content (AvgIpc) is 3.14. The van der Waals surface area contributed by atoms with Gasteiger partial charge in [0.1, 0.15) is 11.5 Å². The molecule has 196 valence electrons. The maximum Gasteiger partial charge on any atom is 0.338 e. The Morgan fingerprint density at radius 1 is 1.08 bits per heavy atom. The van der Waals surface area contributed by atoms with Crippen LogP contribution in [0.5, 0.6) is 11.5 Å². The van der Waals surface area contributed by atoms with Crippen LogP contribution in [0.2, 0.25) is 0 Å². The molecule has 0 N–H and O–H groups in total. The summed E-state index contributed by atoms with van der Waals surface area (Å²) >= 11 is 4.56. The standard InChI is InChI=1S/C27H23BrN2O7S/c1-5-35-26(34)23-14(2)29-27-30(24(23)17-6-9-20(10-7-17)36-15(3)31)25(33)22(38-27)13-18-12-19(28)8-11-21(18)37-16(4)32/h6-13,24H,5H2,1-4H3. The molecule has 0 fully saturated rings. The molecule has 0 amide bonds. The lowest BCUT2D eigenvalue weighted by atomic mass is 9.96. The van der Waals surface area contributed by atoms with Crippen molar-refractivity contribution in [2.75, 3.05) is 6.61 Å². The van der Waals surface area contributed by atoms with Crippen LogP contribution in [0, 0.1) is 0 Å². The maximum absolute atomic E-state index is 13.8. The normalized spacial score (nSPS) is 15.0. The van der Waals surface area contributed by atoms with Crippen molar-refractivity contribution in [1.29, 1.82) is 0 Å². The van der Waals surface area contributed by atoms with E-state index in [1.54, 1.807) is 62.4 Å². The van der Waals surface area contributed by atoms with E-state index in [-0.39, 0.29) is 17.7 Å². The molecule has 9 nitrogen and oxygen atoms in total. The number of rotatable bonds is 6. The van der Waals surface area contributed by atoms with Crippen molar-refractivity contribution < 1.29 is 28.6 Å². The molecular formula is C27H23BrN2O7S. The molecule has 38 heavy (non-hydrogen) atoms. The number of nitrogens with zero attached hydrogens (tertiary/aromatic N) is 2. The van der Waals surface area contributed by atoms with Gasteiger partial charge >= 0.3 is 17.9 Å². The van der Waals surface area contributed by atoms with E-state index in [0.717, 1.165) is 15.8 Å². The van der Waals surface area contributed by atoms with Gasteiger partial charge in [0.25, 0.3) is 5.56 Å². The lowest BCUT2D eigenvalue weighted by Gasteiger charge is -2.24. The number of aromatic nitrogens is 1. The first kappa shape index (κ1) is 27.2. The van der Waals surface area contributed by atoms with Crippen LogP contribution in [-0.2, 0) is 19.1 Å². The van der Waals surface area contributed by atoms with Crippen molar-refractivity contribution in [3.05, 3.63) is 89.0 Å². The molecule has 2 heterocycles. The Labute approximate surface area is 229 Å². The number of hydrogen-bond acceptors (Lipinski definition) is 9. The van der Waals surface area contributed by atoms with Crippen molar-refractivity contribution in [2.45, 2.75) is 33.7 Å². The molecule has 1 unspecified atom stereocenters. The minimum absolute atomic E-state index is 0.153. The van der Waals surface area contributed by atoms with Crippen molar-refractivity contribution in [1.82, 2.24) is 4.57 Å². The Morgan fingerprint density at radius 3 is 2.39 bits per heavy atom. The summed E-state index contributed by atoms with van der Waals surface area (Å²) in [6.45, 7) is 6.14. The molecule has 0 radical (unpaired) electrons. The number of esters is 3. The minimum atomic E-state index is -0.825. The van der Waals surface area contributed by atoms with Crippen molar-refractivity contribution in [3.63, 3.8) is 0 Å². The highest BCUT2D eigenvalue weighted by Gasteiger charge is 2.33. The number of fused-ring (bicyclic) bond motifs is 1. The Bertz CT molecular complexity index is 1650. The molecule has 0 aliphatic carbocycles. The quantitative estimate of drug-likeness (QED) is 0.315. The number of thiazole rings is 1. The fraction of sp³-hybridized carbons (Fsp3) is 0.222. The summed E-state index contributed by atoms with van der Waals surface area (Å²) in [6, 6.07) is 10.8. The smallest absolute Gasteiger partial charge is 0.338 e. The van der Waals surface area contributed by atoms with Gasteiger partial charge < -0.3 is 14.2 Å². The van der Waals surface area contributed by atoms with Gasteiger partial charge in [-0.3, -0.25) is 19.0 Å². The van der Waals surface area contributed by atoms with Gasteiger partial charge in [-0.2, -0.15) is 0 Å². The number of hydrogen-bond donors (Lipinski definition) is 0. The summed E-state index contributed by atoms with van der Waals surface area (Å²) in [5.74, 6) is -0.904. The summed E-state index contributed by atoms with van der Waals surface area (Å²) in [6.07, 6.45) is 1.62. The van der Waals surface area contributed by atoms with Crippen LogP contribution in [0.25, 0.3) is 6.08 Å². The van der Waals surface area contributed by atoms with Gasteiger partial charge in [-0.05, 0) is 55.8 Å². The third-order valence-corrected chi connectivity index (χ3v) is 6.96. The third kappa shape index (κ3) is 5.68. The fourth-order valence-corrected chi connectivity index (χ4v) is 5.43. The first-order valence-electron chi connectivity index (χ1n) is 11.5. The van der Waals surface area contributed by atoms with Gasteiger partial charge in [-0.15, -0.1) is 0 Å². The summed E-state index contributed by atoms with van der Waals surface area (Å²) in [5, 5.41) is 0. The van der Waals surface area contributed by atoms with Crippen LogP contribution < -0.4 is 24.4 Å². The minimum Gasteiger partial charge on any atom is -0.463 e. The van der Waals surface area contributed by atoms with Crippen LogP contribution in [-0.4, -0.2) is 29.1 Å². The van der Waals surface area contributed by atoms with Crippen LogP contribution in [0.1, 0.15) is 44.9 Å². The first-order chi connectivity index (χ1) is 18.1. The summed E-state index contributed by atoms with van der Waals surface area (Å²) in [5.41, 5.74) is 1.39. The van der Waals surface area contributed by atoms with Crippen LogP contribution in [0.4, 0.5) is 0 Å². The Kier molecular flexibility index (Phi) is 8.08. The number of carbonyl (C=O) groups is 3. The zero-order valence-electron chi connectivity index (χ0n) is 20.9. The van der Waals surface area contributed by atoms with E-state index in [0.29, 0.717) is 37.7 Å². The van der Waals surface area contributed by atoms with Crippen molar-refractivity contribution in [3.8, 4) is 11.5 Å². The fourth-order valence-electron chi connectivity index (χ4n) is 4.01. The number of benzene rings is 2. The molecule has 1 atom stereocenters. The molecule has 1 aromatic heterocycles. The van der Waals surface area contributed by atoms with Crippen LogP contribution in [0.3, 0.4) is 0 Å². The Balaban J connectivity index is 1.92. The van der Waals surface area contributed by atoms with E-state index in [4.69, 9.17) is 14.2 Å². The second-order valence-electron chi connectivity index (χ2n) is 8.24. The van der Waals surface area contributed by atoms with Gasteiger partial charge in [0, 0.05) is 23.9 Å². The molecule has 11 heteroatoms. The molecule has 2 aromatic carbocycles. The topological polar surface area (TPSA) is 113 Å². The van der Waals surface area contributed by atoms with E-state index in [1.807, 2.05) is 0 Å². The number of halogens is 1. The van der Waals surface area contributed by atoms with Crippen molar-refractivity contribution in [2.24, 2.45) is 4.99 Å². The van der Waals surface area contributed by atoms with Crippen molar-refractivity contribution >= 4 is 51.3 Å². The highest BCUT2D eigenvalue weighted by atomic mass is 79.9. The lowest BCUT2D eigenvalue weighted by Crippen LogP contribution is -2.39. The van der Waals surface area contributed by atoms with E-state index in [1.165, 1.54) is 18.4 Å². The molecule has 0 spiro atoms. The number of ether oxygens (including phenoxy) is 3. The molecule has 4 rings (SSSR count). The largest absolute Gasteiger partial charge is 0.463 e. The number of allylic oxidation sites excluding steroid dienone is 1. The summed E-state index contributed by atoms with van der Waals surface area (Å²) < 4.78 is 18.3. The molecule has 0 saturated heterocycles. The summed E-state index contributed by atoms with van der Waals surface area (Å²) in [4.78, 5) is 54.7. The highest BCUT2D eigenvalue weighted by molar-refractivity contribution is 9.10.